The summed E-state index contributed by atoms with van der Waals surface area (Å²) in [6.07, 6.45) is 4.86. The van der Waals surface area contributed by atoms with Gasteiger partial charge >= 0.3 is 0 Å². The van der Waals surface area contributed by atoms with Crippen LogP contribution < -0.4 is 5.32 Å². The average Bonchev–Trinajstić information content (AvgIpc) is 2.91. The number of hydrogen-bond donors (Lipinski definition) is 2. The van der Waals surface area contributed by atoms with Crippen molar-refractivity contribution in [1.29, 1.82) is 0 Å². The predicted octanol–water partition coefficient (Wildman–Crippen LogP) is 2.21. The average molecular weight is 238 g/mol. The molecule has 0 bridgehead atoms. The van der Waals surface area contributed by atoms with Crippen molar-refractivity contribution in [2.45, 2.75) is 0 Å². The number of aromatic nitrogens is 3. The fourth-order valence-electron chi connectivity index (χ4n) is 1.80. The first-order valence-electron chi connectivity index (χ1n) is 5.49. The maximum absolute atomic E-state index is 12.1. The number of aromatic amines is 1. The van der Waals surface area contributed by atoms with Crippen molar-refractivity contribution in [3.8, 4) is 0 Å². The van der Waals surface area contributed by atoms with Gasteiger partial charge in [0.2, 0.25) is 5.95 Å². The number of carbonyl (C=O) groups is 1. The summed E-state index contributed by atoms with van der Waals surface area (Å²) in [5.41, 5.74) is 1.38. The van der Waals surface area contributed by atoms with Gasteiger partial charge in [-0.1, -0.05) is 18.2 Å². The number of hydrogen-bond acceptors (Lipinski definition) is 3. The number of rotatable bonds is 2. The van der Waals surface area contributed by atoms with Crippen LogP contribution in [0.3, 0.4) is 0 Å². The fourth-order valence-corrected chi connectivity index (χ4v) is 1.80. The van der Waals surface area contributed by atoms with Gasteiger partial charge < -0.3 is 4.98 Å². The van der Waals surface area contributed by atoms with E-state index in [1.807, 2.05) is 24.3 Å². The molecule has 0 aliphatic rings. The molecule has 1 amide bonds. The molecule has 1 aromatic carbocycles. The third-order valence-electron chi connectivity index (χ3n) is 2.62. The summed E-state index contributed by atoms with van der Waals surface area (Å²) < 4.78 is 0. The largest absolute Gasteiger partial charge is 0.331 e. The van der Waals surface area contributed by atoms with Gasteiger partial charge in [0.15, 0.2) is 0 Å². The number of para-hydroxylation sites is 1. The number of imidazole rings is 1. The van der Waals surface area contributed by atoms with E-state index >= 15 is 0 Å². The lowest BCUT2D eigenvalue weighted by Crippen LogP contribution is -2.13. The predicted molar refractivity (Wildman–Crippen MR) is 68.3 cm³/mol. The van der Waals surface area contributed by atoms with Gasteiger partial charge in [0, 0.05) is 24.0 Å². The molecule has 0 aliphatic heterocycles. The normalized spacial score (nSPS) is 10.4. The van der Waals surface area contributed by atoms with Gasteiger partial charge in [-0.2, -0.15) is 0 Å². The number of fused-ring (bicyclic) bond motifs is 1. The van der Waals surface area contributed by atoms with Gasteiger partial charge in [0.05, 0.1) is 11.1 Å². The zero-order chi connectivity index (χ0) is 12.4. The number of anilines is 1. The molecule has 3 aromatic rings. The lowest BCUT2D eigenvalue weighted by atomic mass is 10.1. The third-order valence-corrected chi connectivity index (χ3v) is 2.62. The highest BCUT2D eigenvalue weighted by atomic mass is 16.1. The van der Waals surface area contributed by atoms with Gasteiger partial charge in [-0.15, -0.1) is 0 Å². The zero-order valence-corrected chi connectivity index (χ0v) is 9.42. The Kier molecular flexibility index (Phi) is 2.49. The number of amides is 1. The second-order valence-corrected chi connectivity index (χ2v) is 3.77. The van der Waals surface area contributed by atoms with E-state index in [4.69, 9.17) is 0 Å². The van der Waals surface area contributed by atoms with Gasteiger partial charge in [-0.3, -0.25) is 15.1 Å². The highest BCUT2D eigenvalue weighted by Crippen LogP contribution is 2.16. The van der Waals surface area contributed by atoms with Crippen LogP contribution in [0.4, 0.5) is 5.95 Å². The van der Waals surface area contributed by atoms with Crippen LogP contribution in [-0.4, -0.2) is 20.9 Å². The molecule has 5 heteroatoms. The first kappa shape index (κ1) is 10.5. The Morgan fingerprint density at radius 1 is 1.11 bits per heavy atom. The molecule has 3 rings (SSSR count). The van der Waals surface area contributed by atoms with Crippen LogP contribution in [0.1, 0.15) is 10.4 Å². The summed E-state index contributed by atoms with van der Waals surface area (Å²) in [5, 5.41) is 3.52. The van der Waals surface area contributed by atoms with Crippen LogP contribution in [0.15, 0.2) is 48.9 Å². The molecule has 5 nitrogen and oxygen atoms in total. The van der Waals surface area contributed by atoms with Gasteiger partial charge in [-0.25, -0.2) is 4.98 Å². The van der Waals surface area contributed by atoms with E-state index in [9.17, 15) is 4.79 Å². The third kappa shape index (κ3) is 1.82. The second-order valence-electron chi connectivity index (χ2n) is 3.77. The Labute approximate surface area is 103 Å². The van der Waals surface area contributed by atoms with Crippen molar-refractivity contribution in [1.82, 2.24) is 15.0 Å². The smallest absolute Gasteiger partial charge is 0.258 e. The van der Waals surface area contributed by atoms with Gasteiger partial charge in [0.25, 0.3) is 5.91 Å². The molecule has 2 heterocycles. The number of nitrogens with zero attached hydrogens (tertiary/aromatic N) is 2. The Morgan fingerprint density at radius 2 is 2.00 bits per heavy atom. The minimum Gasteiger partial charge on any atom is -0.331 e. The lowest BCUT2D eigenvalue weighted by molar-refractivity contribution is 0.102. The highest BCUT2D eigenvalue weighted by molar-refractivity contribution is 6.11. The molecule has 0 atom stereocenters. The van der Waals surface area contributed by atoms with E-state index in [-0.39, 0.29) is 5.91 Å². The molecule has 0 unspecified atom stereocenters. The molecule has 0 spiro atoms. The topological polar surface area (TPSA) is 70.7 Å². The maximum Gasteiger partial charge on any atom is 0.258 e. The molecule has 2 N–H and O–H groups in total. The molecule has 2 aromatic heterocycles. The van der Waals surface area contributed by atoms with E-state index in [0.717, 1.165) is 10.9 Å². The SMILES string of the molecule is O=C(Nc1ncc[nH]1)c1ccnc2ccccc12. The van der Waals surface area contributed by atoms with Crippen molar-refractivity contribution in [2.75, 3.05) is 5.32 Å². The molecule has 0 aliphatic carbocycles. The monoisotopic (exact) mass is 238 g/mol. The Balaban J connectivity index is 2.01. The number of carbonyl (C=O) groups excluding carboxylic acids is 1. The molecule has 88 valence electrons. The van der Waals surface area contributed by atoms with E-state index in [2.05, 4.69) is 20.3 Å². The minimum atomic E-state index is -0.205. The van der Waals surface area contributed by atoms with E-state index in [0.29, 0.717) is 11.5 Å². The van der Waals surface area contributed by atoms with E-state index in [1.165, 1.54) is 0 Å². The number of pyridine rings is 1. The summed E-state index contributed by atoms with van der Waals surface area (Å²) in [6, 6.07) is 9.22. The van der Waals surface area contributed by atoms with E-state index < -0.39 is 0 Å². The number of benzene rings is 1. The van der Waals surface area contributed by atoms with Crippen molar-refractivity contribution in [3.63, 3.8) is 0 Å². The van der Waals surface area contributed by atoms with Gasteiger partial charge in [0.1, 0.15) is 0 Å². The molecular formula is C13H10N4O. The van der Waals surface area contributed by atoms with Crippen molar-refractivity contribution < 1.29 is 4.79 Å². The summed E-state index contributed by atoms with van der Waals surface area (Å²) in [7, 11) is 0. The standard InChI is InChI=1S/C13H10N4O/c18-12(17-13-15-7-8-16-13)10-5-6-14-11-4-2-1-3-9(10)11/h1-8H,(H2,15,16,17,18). The van der Waals surface area contributed by atoms with Crippen LogP contribution in [-0.2, 0) is 0 Å². The van der Waals surface area contributed by atoms with Crippen LogP contribution >= 0.6 is 0 Å². The Hall–Kier alpha value is -2.69. The van der Waals surface area contributed by atoms with Gasteiger partial charge in [-0.05, 0) is 12.1 Å². The molecule has 0 saturated carbocycles. The molecule has 18 heavy (non-hydrogen) atoms. The summed E-state index contributed by atoms with van der Waals surface area (Å²) in [5.74, 6) is 0.226. The Morgan fingerprint density at radius 3 is 2.83 bits per heavy atom. The summed E-state index contributed by atoms with van der Waals surface area (Å²) in [4.78, 5) is 23.1. The number of nitrogens with one attached hydrogen (secondary N) is 2. The molecular weight excluding hydrogens is 228 g/mol. The number of H-pyrrole nitrogens is 1. The lowest BCUT2D eigenvalue weighted by Gasteiger charge is -2.05. The molecule has 0 fully saturated rings. The highest BCUT2D eigenvalue weighted by Gasteiger charge is 2.11. The van der Waals surface area contributed by atoms with Crippen molar-refractivity contribution in [2.24, 2.45) is 0 Å². The van der Waals surface area contributed by atoms with Crippen LogP contribution in [0.5, 0.6) is 0 Å². The van der Waals surface area contributed by atoms with Crippen molar-refractivity contribution >= 4 is 22.8 Å². The maximum atomic E-state index is 12.1. The molecule has 0 saturated heterocycles. The summed E-state index contributed by atoms with van der Waals surface area (Å²) in [6.45, 7) is 0. The van der Waals surface area contributed by atoms with Crippen LogP contribution in [0.2, 0.25) is 0 Å². The fraction of sp³-hybridized carbons (Fsp3) is 0. The first-order chi connectivity index (χ1) is 8.84. The van der Waals surface area contributed by atoms with Crippen LogP contribution in [0.25, 0.3) is 10.9 Å². The first-order valence-corrected chi connectivity index (χ1v) is 5.49. The second kappa shape index (κ2) is 4.29. The molecule has 0 radical (unpaired) electrons. The minimum absolute atomic E-state index is 0.205. The van der Waals surface area contributed by atoms with Crippen molar-refractivity contribution in [3.05, 3.63) is 54.5 Å². The van der Waals surface area contributed by atoms with E-state index in [1.54, 1.807) is 24.7 Å². The summed E-state index contributed by atoms with van der Waals surface area (Å²) >= 11 is 0. The zero-order valence-electron chi connectivity index (χ0n) is 9.42. The Bertz CT molecular complexity index is 686. The van der Waals surface area contributed by atoms with Crippen LogP contribution in [0, 0.1) is 0 Å². The quantitative estimate of drug-likeness (QED) is 0.719.